The zero-order valence-corrected chi connectivity index (χ0v) is 7.84. The Labute approximate surface area is 76.7 Å². The van der Waals surface area contributed by atoms with E-state index in [1.54, 1.807) is 0 Å². The topological polar surface area (TPSA) is 0 Å². The molecular formula is C12H19. The van der Waals surface area contributed by atoms with Crippen LogP contribution in [0.25, 0.3) is 0 Å². The minimum Gasteiger partial charge on any atom is -0.103 e. The summed E-state index contributed by atoms with van der Waals surface area (Å²) in [5.74, 6) is 0. The smallest absolute Gasteiger partial charge is 0.0169 e. The molecule has 0 aromatic heterocycles. The van der Waals surface area contributed by atoms with Crippen LogP contribution in [-0.4, -0.2) is 0 Å². The van der Waals surface area contributed by atoms with Gasteiger partial charge in [0, 0.05) is 0 Å². The first-order valence-electron chi connectivity index (χ1n) is 4.62. The first kappa shape index (κ1) is 11.2. The van der Waals surface area contributed by atoms with Gasteiger partial charge in [0.25, 0.3) is 0 Å². The molecule has 0 aliphatic rings. The van der Waals surface area contributed by atoms with Crippen molar-refractivity contribution in [1.82, 2.24) is 0 Å². The van der Waals surface area contributed by atoms with Crippen LogP contribution < -0.4 is 0 Å². The summed E-state index contributed by atoms with van der Waals surface area (Å²) in [6.45, 7) is 7.40. The molecule has 0 aliphatic carbocycles. The Bertz CT molecular complexity index is 140. The molecule has 0 nitrogen and oxygen atoms in total. The third-order valence-electron chi connectivity index (χ3n) is 1.55. The first-order valence-corrected chi connectivity index (χ1v) is 4.62. The second-order valence-corrected chi connectivity index (χ2v) is 2.69. The van der Waals surface area contributed by atoms with Crippen LogP contribution in [0, 0.1) is 6.92 Å². The third kappa shape index (κ3) is 9.22. The maximum Gasteiger partial charge on any atom is -0.0169 e. The molecule has 0 heteroatoms. The van der Waals surface area contributed by atoms with E-state index >= 15 is 0 Å². The Kier molecular flexibility index (Phi) is 9.56. The van der Waals surface area contributed by atoms with E-state index in [4.69, 9.17) is 0 Å². The average Bonchev–Trinajstić information content (AvgIpc) is 2.10. The lowest BCUT2D eigenvalue weighted by molar-refractivity contribution is 0.867. The monoisotopic (exact) mass is 163 g/mol. The standard InChI is InChI=1S/C12H19/c1-3-5-7-9-11-12-10-8-6-4-2/h3,6,8,11-12H,1-2,4-5,7,9-10H2. The summed E-state index contributed by atoms with van der Waals surface area (Å²) >= 11 is 0. The lowest BCUT2D eigenvalue weighted by atomic mass is 10.2. The second kappa shape index (κ2) is 10.2. The summed E-state index contributed by atoms with van der Waals surface area (Å²) in [6, 6.07) is 0. The van der Waals surface area contributed by atoms with Crippen molar-refractivity contribution in [3.63, 3.8) is 0 Å². The molecule has 0 aliphatic heterocycles. The van der Waals surface area contributed by atoms with E-state index in [-0.39, 0.29) is 0 Å². The van der Waals surface area contributed by atoms with Crippen LogP contribution in [0.5, 0.6) is 0 Å². The molecule has 0 saturated heterocycles. The molecule has 0 N–H and O–H groups in total. The van der Waals surface area contributed by atoms with Crippen molar-refractivity contribution in [2.45, 2.75) is 32.1 Å². The summed E-state index contributed by atoms with van der Waals surface area (Å²) < 4.78 is 0. The van der Waals surface area contributed by atoms with Crippen LogP contribution in [-0.2, 0) is 0 Å². The summed E-state index contributed by atoms with van der Waals surface area (Å²) in [5.41, 5.74) is 0. The number of unbranched alkanes of at least 4 members (excludes halogenated alkanes) is 2. The van der Waals surface area contributed by atoms with Gasteiger partial charge in [0.15, 0.2) is 0 Å². The quantitative estimate of drug-likeness (QED) is 0.392. The maximum atomic E-state index is 3.72. The Balaban J connectivity index is 3.13. The molecule has 0 spiro atoms. The predicted molar refractivity (Wildman–Crippen MR) is 56.9 cm³/mol. The Morgan fingerprint density at radius 2 is 1.67 bits per heavy atom. The fourth-order valence-corrected chi connectivity index (χ4v) is 0.887. The van der Waals surface area contributed by atoms with Crippen molar-refractivity contribution in [2.75, 3.05) is 0 Å². The first-order chi connectivity index (χ1) is 5.91. The molecule has 0 fully saturated rings. The highest BCUT2D eigenvalue weighted by Gasteiger charge is 1.77. The van der Waals surface area contributed by atoms with E-state index in [0.717, 1.165) is 19.3 Å². The van der Waals surface area contributed by atoms with Gasteiger partial charge < -0.3 is 0 Å². The van der Waals surface area contributed by atoms with Gasteiger partial charge in [-0.25, -0.2) is 0 Å². The number of hydrogen-bond donors (Lipinski definition) is 0. The van der Waals surface area contributed by atoms with Gasteiger partial charge in [-0.1, -0.05) is 30.4 Å². The van der Waals surface area contributed by atoms with Crippen LogP contribution in [0.4, 0.5) is 0 Å². The van der Waals surface area contributed by atoms with Crippen LogP contribution >= 0.6 is 0 Å². The van der Waals surface area contributed by atoms with E-state index < -0.39 is 0 Å². The van der Waals surface area contributed by atoms with Gasteiger partial charge in [-0.15, -0.1) is 6.58 Å². The summed E-state index contributed by atoms with van der Waals surface area (Å²) in [4.78, 5) is 0. The molecule has 0 bridgehead atoms. The van der Waals surface area contributed by atoms with E-state index in [9.17, 15) is 0 Å². The molecule has 1 radical (unpaired) electrons. The van der Waals surface area contributed by atoms with E-state index in [1.165, 1.54) is 12.8 Å². The van der Waals surface area contributed by atoms with E-state index in [0.29, 0.717) is 0 Å². The number of hydrogen-bond acceptors (Lipinski definition) is 0. The Morgan fingerprint density at radius 3 is 2.33 bits per heavy atom. The Hall–Kier alpha value is -0.780. The molecule has 0 aromatic rings. The lowest BCUT2D eigenvalue weighted by Crippen LogP contribution is -1.67. The van der Waals surface area contributed by atoms with Crippen LogP contribution in [0.2, 0.25) is 0 Å². The largest absolute Gasteiger partial charge is 0.103 e. The van der Waals surface area contributed by atoms with Crippen molar-refractivity contribution >= 4 is 0 Å². The van der Waals surface area contributed by atoms with Crippen molar-refractivity contribution in [3.05, 3.63) is 43.9 Å². The predicted octanol–water partition coefficient (Wildman–Crippen LogP) is 4.07. The molecule has 0 unspecified atom stereocenters. The SMILES string of the molecule is [CH2]CC=CCC=CCCCC=C. The zero-order valence-electron chi connectivity index (χ0n) is 7.84. The minimum absolute atomic E-state index is 0.893. The van der Waals surface area contributed by atoms with Gasteiger partial charge in [-0.3, -0.25) is 0 Å². The van der Waals surface area contributed by atoms with Crippen LogP contribution in [0.3, 0.4) is 0 Å². The van der Waals surface area contributed by atoms with Gasteiger partial charge in [-0.2, -0.15) is 0 Å². The van der Waals surface area contributed by atoms with Crippen molar-refractivity contribution in [1.29, 1.82) is 0 Å². The van der Waals surface area contributed by atoms with Gasteiger partial charge in [0.05, 0.1) is 0 Å². The molecule has 0 atom stereocenters. The normalized spacial score (nSPS) is 11.4. The van der Waals surface area contributed by atoms with Gasteiger partial charge in [0.1, 0.15) is 0 Å². The highest BCUT2D eigenvalue weighted by molar-refractivity contribution is 4.93. The summed E-state index contributed by atoms with van der Waals surface area (Å²) in [5, 5.41) is 0. The van der Waals surface area contributed by atoms with Crippen LogP contribution in [0.15, 0.2) is 37.0 Å². The molecule has 0 rings (SSSR count). The number of allylic oxidation sites excluding steroid dienone is 5. The lowest BCUT2D eigenvalue weighted by Gasteiger charge is -1.88. The molecule has 0 heterocycles. The number of rotatable bonds is 7. The highest BCUT2D eigenvalue weighted by Crippen LogP contribution is 1.98. The molecule has 0 saturated carbocycles. The fraction of sp³-hybridized carbons (Fsp3) is 0.417. The molecule has 0 amide bonds. The average molecular weight is 163 g/mol. The zero-order chi connectivity index (χ0) is 9.07. The minimum atomic E-state index is 0.893. The summed E-state index contributed by atoms with van der Waals surface area (Å²) in [7, 11) is 0. The Morgan fingerprint density at radius 1 is 0.917 bits per heavy atom. The molecule has 67 valence electrons. The second-order valence-electron chi connectivity index (χ2n) is 2.69. The molecular weight excluding hydrogens is 144 g/mol. The van der Waals surface area contributed by atoms with E-state index in [2.05, 4.69) is 37.8 Å². The summed E-state index contributed by atoms with van der Waals surface area (Å²) in [6.07, 6.45) is 16.1. The molecule has 0 aromatic carbocycles. The van der Waals surface area contributed by atoms with Crippen molar-refractivity contribution in [2.24, 2.45) is 0 Å². The van der Waals surface area contributed by atoms with E-state index in [1.807, 2.05) is 6.08 Å². The van der Waals surface area contributed by atoms with Crippen LogP contribution in [0.1, 0.15) is 32.1 Å². The van der Waals surface area contributed by atoms with Gasteiger partial charge in [0.2, 0.25) is 0 Å². The molecule has 12 heavy (non-hydrogen) atoms. The van der Waals surface area contributed by atoms with Crippen molar-refractivity contribution < 1.29 is 0 Å². The fourth-order valence-electron chi connectivity index (χ4n) is 0.887. The maximum absolute atomic E-state index is 3.72. The van der Waals surface area contributed by atoms with Gasteiger partial charge >= 0.3 is 0 Å². The third-order valence-corrected chi connectivity index (χ3v) is 1.55. The van der Waals surface area contributed by atoms with Crippen molar-refractivity contribution in [3.8, 4) is 0 Å². The van der Waals surface area contributed by atoms with Gasteiger partial charge in [-0.05, 0) is 39.0 Å². The highest BCUT2D eigenvalue weighted by atomic mass is 13.8.